The summed E-state index contributed by atoms with van der Waals surface area (Å²) in [5.74, 6) is 0.390. The molecule has 0 fully saturated rings. The normalized spacial score (nSPS) is 11.0. The van der Waals surface area contributed by atoms with E-state index in [1.165, 1.54) is 12.3 Å². The average molecular weight is 351 g/mol. The molecule has 0 saturated heterocycles. The van der Waals surface area contributed by atoms with Gasteiger partial charge in [0.05, 0.1) is 6.21 Å². The van der Waals surface area contributed by atoms with Gasteiger partial charge in [-0.15, -0.1) is 0 Å². The van der Waals surface area contributed by atoms with Crippen molar-refractivity contribution in [1.82, 2.24) is 9.97 Å². The van der Waals surface area contributed by atoms with E-state index >= 15 is 0 Å². The topological polar surface area (TPSA) is 90.4 Å². The van der Waals surface area contributed by atoms with Crippen molar-refractivity contribution in [3.8, 4) is 5.75 Å². The van der Waals surface area contributed by atoms with Crippen molar-refractivity contribution in [3.63, 3.8) is 0 Å². The lowest BCUT2D eigenvalue weighted by molar-refractivity contribution is 0.474. The number of nitrogens with one attached hydrogen (secondary N) is 2. The van der Waals surface area contributed by atoms with Gasteiger partial charge in [-0.3, -0.25) is 9.78 Å². The molecule has 0 amide bonds. The number of aromatic hydroxyl groups is 1. The fourth-order valence-corrected chi connectivity index (χ4v) is 2.12. The minimum atomic E-state index is -0.226. The number of hydrogen-bond acceptors (Lipinski definition) is 5. The van der Waals surface area contributed by atoms with Gasteiger partial charge in [-0.05, 0) is 24.6 Å². The molecule has 0 bridgehead atoms. The molecule has 0 spiro atoms. The number of nitrogens with zero attached hydrogens (tertiary/aromatic N) is 2. The summed E-state index contributed by atoms with van der Waals surface area (Å²) in [7, 11) is 0. The quantitative estimate of drug-likeness (QED) is 0.571. The molecule has 0 aliphatic heterocycles. The first kappa shape index (κ1) is 15.2. The highest BCUT2D eigenvalue weighted by Gasteiger charge is 2.01. The van der Waals surface area contributed by atoms with Crippen LogP contribution in [0.2, 0.25) is 0 Å². The van der Waals surface area contributed by atoms with Gasteiger partial charge in [-0.2, -0.15) is 5.10 Å². The summed E-state index contributed by atoms with van der Waals surface area (Å²) in [6.45, 7) is 2.02. The van der Waals surface area contributed by atoms with Crippen molar-refractivity contribution >= 4 is 28.1 Å². The van der Waals surface area contributed by atoms with E-state index in [-0.39, 0.29) is 17.3 Å². The van der Waals surface area contributed by atoms with E-state index in [2.05, 4.69) is 36.4 Å². The minimum absolute atomic E-state index is 0.116. The van der Waals surface area contributed by atoms with Crippen LogP contribution in [-0.2, 0) is 6.42 Å². The molecular weight excluding hydrogens is 336 g/mol. The van der Waals surface area contributed by atoms with Crippen LogP contribution in [0, 0.1) is 0 Å². The van der Waals surface area contributed by atoms with Gasteiger partial charge in [0, 0.05) is 21.8 Å². The molecule has 6 nitrogen and oxygen atoms in total. The summed E-state index contributed by atoms with van der Waals surface area (Å²) in [4.78, 5) is 18.3. The molecule has 7 heteroatoms. The van der Waals surface area contributed by atoms with Gasteiger partial charge in [0.25, 0.3) is 5.56 Å². The van der Waals surface area contributed by atoms with Gasteiger partial charge >= 0.3 is 0 Å². The Morgan fingerprint density at radius 1 is 1.48 bits per heavy atom. The van der Waals surface area contributed by atoms with Crippen LogP contribution in [0.15, 0.2) is 38.6 Å². The monoisotopic (exact) mass is 350 g/mol. The molecule has 0 aliphatic carbocycles. The zero-order chi connectivity index (χ0) is 15.2. The first-order chi connectivity index (χ1) is 10.1. The first-order valence-corrected chi connectivity index (χ1v) is 7.25. The molecule has 0 unspecified atom stereocenters. The number of aryl methyl sites for hydroxylation is 1. The second kappa shape index (κ2) is 7.03. The van der Waals surface area contributed by atoms with Gasteiger partial charge in [0.1, 0.15) is 5.75 Å². The lowest BCUT2D eigenvalue weighted by Gasteiger charge is -2.03. The molecule has 1 aromatic carbocycles. The standard InChI is InChI=1S/C14H15BrN4O2/c1-2-3-11-7-13(21)18-14(17-11)19-16-8-9-6-10(15)4-5-12(9)20/h4-8,20H,2-3H2,1H3,(H2,17,18,19,21). The molecule has 0 atom stereocenters. The second-order valence-corrected chi connectivity index (χ2v) is 5.32. The summed E-state index contributed by atoms with van der Waals surface area (Å²) in [6.07, 6.45) is 3.09. The molecule has 2 rings (SSSR count). The van der Waals surface area contributed by atoms with E-state index in [9.17, 15) is 9.90 Å². The number of H-pyrrole nitrogens is 1. The number of benzene rings is 1. The third-order valence-corrected chi connectivity index (χ3v) is 3.16. The number of phenols is 1. The Labute approximate surface area is 130 Å². The van der Waals surface area contributed by atoms with Crippen molar-refractivity contribution in [3.05, 3.63) is 50.3 Å². The number of hydrogen-bond donors (Lipinski definition) is 3. The molecular formula is C14H15BrN4O2. The maximum Gasteiger partial charge on any atom is 0.252 e. The Morgan fingerprint density at radius 2 is 2.29 bits per heavy atom. The Balaban J connectivity index is 2.14. The van der Waals surface area contributed by atoms with Crippen LogP contribution >= 0.6 is 15.9 Å². The van der Waals surface area contributed by atoms with Gasteiger partial charge in [-0.1, -0.05) is 29.3 Å². The third kappa shape index (κ3) is 4.42. The summed E-state index contributed by atoms with van der Waals surface area (Å²) >= 11 is 3.32. The van der Waals surface area contributed by atoms with E-state index in [1.807, 2.05) is 6.92 Å². The molecule has 0 aliphatic rings. The third-order valence-electron chi connectivity index (χ3n) is 2.66. The lowest BCUT2D eigenvalue weighted by atomic mass is 10.2. The molecule has 2 aromatic rings. The number of halogens is 1. The van der Waals surface area contributed by atoms with Gasteiger partial charge in [0.15, 0.2) is 0 Å². The maximum absolute atomic E-state index is 11.5. The van der Waals surface area contributed by atoms with Crippen molar-refractivity contribution in [1.29, 1.82) is 0 Å². The fraction of sp³-hybridized carbons (Fsp3) is 0.214. The average Bonchev–Trinajstić information content (AvgIpc) is 2.42. The number of phenolic OH excluding ortho intramolecular Hbond substituents is 1. The molecule has 1 aromatic heterocycles. The van der Waals surface area contributed by atoms with E-state index in [1.54, 1.807) is 18.2 Å². The summed E-state index contributed by atoms with van der Waals surface area (Å²) in [5, 5.41) is 13.6. The van der Waals surface area contributed by atoms with Crippen molar-refractivity contribution in [2.45, 2.75) is 19.8 Å². The Bertz CT molecular complexity index is 712. The number of rotatable bonds is 5. The Hall–Kier alpha value is -2.15. The molecule has 110 valence electrons. The zero-order valence-electron chi connectivity index (χ0n) is 11.4. The molecule has 0 radical (unpaired) electrons. The van der Waals surface area contributed by atoms with Crippen LogP contribution < -0.4 is 11.0 Å². The zero-order valence-corrected chi connectivity index (χ0v) is 13.0. The molecule has 21 heavy (non-hydrogen) atoms. The van der Waals surface area contributed by atoms with Crippen LogP contribution in [0.5, 0.6) is 5.75 Å². The maximum atomic E-state index is 11.5. The van der Waals surface area contributed by atoms with Crippen molar-refractivity contribution in [2.75, 3.05) is 5.43 Å². The summed E-state index contributed by atoms with van der Waals surface area (Å²) in [6, 6.07) is 6.49. The van der Waals surface area contributed by atoms with Gasteiger partial charge < -0.3 is 5.11 Å². The molecule has 1 heterocycles. The fourth-order valence-electron chi connectivity index (χ4n) is 1.74. The minimum Gasteiger partial charge on any atom is -0.507 e. The lowest BCUT2D eigenvalue weighted by Crippen LogP contribution is -2.11. The van der Waals surface area contributed by atoms with E-state index in [0.29, 0.717) is 11.3 Å². The molecule has 3 N–H and O–H groups in total. The summed E-state index contributed by atoms with van der Waals surface area (Å²) in [5.41, 5.74) is 3.69. The van der Waals surface area contributed by atoms with Crippen LogP contribution in [0.1, 0.15) is 24.6 Å². The Kier molecular flexibility index (Phi) is 5.10. The highest BCUT2D eigenvalue weighted by atomic mass is 79.9. The number of hydrazone groups is 1. The first-order valence-electron chi connectivity index (χ1n) is 6.46. The van der Waals surface area contributed by atoms with E-state index in [0.717, 1.165) is 17.3 Å². The highest BCUT2D eigenvalue weighted by molar-refractivity contribution is 9.10. The van der Waals surface area contributed by atoms with Crippen molar-refractivity contribution < 1.29 is 5.11 Å². The Morgan fingerprint density at radius 3 is 3.05 bits per heavy atom. The highest BCUT2D eigenvalue weighted by Crippen LogP contribution is 2.20. The predicted molar refractivity (Wildman–Crippen MR) is 85.9 cm³/mol. The van der Waals surface area contributed by atoms with Crippen LogP contribution in [-0.4, -0.2) is 21.3 Å². The van der Waals surface area contributed by atoms with E-state index < -0.39 is 0 Å². The summed E-state index contributed by atoms with van der Waals surface area (Å²) < 4.78 is 0.832. The number of aromatic amines is 1. The van der Waals surface area contributed by atoms with Crippen LogP contribution in [0.3, 0.4) is 0 Å². The van der Waals surface area contributed by atoms with Gasteiger partial charge in [-0.25, -0.2) is 10.4 Å². The smallest absolute Gasteiger partial charge is 0.252 e. The van der Waals surface area contributed by atoms with E-state index in [4.69, 9.17) is 0 Å². The van der Waals surface area contributed by atoms with Crippen LogP contribution in [0.4, 0.5) is 5.95 Å². The SMILES string of the molecule is CCCc1cc(=O)[nH]c(NN=Cc2cc(Br)ccc2O)n1. The predicted octanol–water partition coefficient (Wildman–Crippen LogP) is 2.64. The largest absolute Gasteiger partial charge is 0.507 e. The van der Waals surface area contributed by atoms with Gasteiger partial charge in [0.2, 0.25) is 5.95 Å². The van der Waals surface area contributed by atoms with Crippen molar-refractivity contribution in [2.24, 2.45) is 5.10 Å². The van der Waals surface area contributed by atoms with Crippen LogP contribution in [0.25, 0.3) is 0 Å². The number of anilines is 1. The molecule has 0 saturated carbocycles. The second-order valence-electron chi connectivity index (χ2n) is 4.41. The number of aromatic nitrogens is 2.